The number of rotatable bonds is 7. The molecule has 0 radical (unpaired) electrons. The Kier molecular flexibility index (Phi) is 6.41. The van der Waals surface area contributed by atoms with E-state index in [9.17, 15) is 4.79 Å². The molecule has 0 bridgehead atoms. The van der Waals surface area contributed by atoms with Crippen LogP contribution in [0.4, 0.5) is 0 Å². The molecular formula is C12H17NO2Si. The molecule has 0 aliphatic carbocycles. The van der Waals surface area contributed by atoms with E-state index in [0.29, 0.717) is 0 Å². The van der Waals surface area contributed by atoms with Crippen molar-refractivity contribution in [2.24, 2.45) is 4.99 Å². The molecule has 0 N–H and O–H groups in total. The number of aliphatic imine (C=N–C) groups is 1. The Morgan fingerprint density at radius 2 is 2.12 bits per heavy atom. The minimum Gasteiger partial charge on any atom is -0.400 e. The Balaban J connectivity index is 2.47. The van der Waals surface area contributed by atoms with Crippen molar-refractivity contribution in [3.8, 4) is 0 Å². The molecule has 1 rings (SSSR count). The SMILES string of the molecule is CCC[SiH](Cc1ccccc1)OCN=C=O. The fourth-order valence-corrected chi connectivity index (χ4v) is 3.83. The molecule has 1 atom stereocenters. The van der Waals surface area contributed by atoms with Crippen LogP contribution in [0.2, 0.25) is 6.04 Å². The lowest BCUT2D eigenvalue weighted by Crippen LogP contribution is -2.21. The van der Waals surface area contributed by atoms with Crippen molar-refractivity contribution in [3.05, 3.63) is 35.9 Å². The minimum absolute atomic E-state index is 0.174. The number of hydrogen-bond donors (Lipinski definition) is 0. The van der Waals surface area contributed by atoms with Gasteiger partial charge in [0.2, 0.25) is 6.08 Å². The molecule has 86 valence electrons. The third kappa shape index (κ3) is 5.03. The van der Waals surface area contributed by atoms with Gasteiger partial charge >= 0.3 is 0 Å². The zero-order valence-corrected chi connectivity index (χ0v) is 10.7. The van der Waals surface area contributed by atoms with Gasteiger partial charge in [-0.25, -0.2) is 4.79 Å². The van der Waals surface area contributed by atoms with Gasteiger partial charge in [-0.1, -0.05) is 43.7 Å². The van der Waals surface area contributed by atoms with Crippen molar-refractivity contribution in [1.29, 1.82) is 0 Å². The number of nitrogens with zero attached hydrogens (tertiary/aromatic N) is 1. The first kappa shape index (κ1) is 12.8. The Morgan fingerprint density at radius 1 is 1.38 bits per heavy atom. The molecule has 0 saturated carbocycles. The summed E-state index contributed by atoms with van der Waals surface area (Å²) >= 11 is 0. The van der Waals surface area contributed by atoms with Crippen LogP contribution in [-0.2, 0) is 15.3 Å². The highest BCUT2D eigenvalue weighted by atomic mass is 28.3. The maximum atomic E-state index is 9.95. The standard InChI is InChI=1S/C12H17NO2Si/c1-2-8-16(15-11-13-10-14)9-12-6-4-3-5-7-12/h3-7,16H,2,8-9,11H2,1H3. The van der Waals surface area contributed by atoms with Gasteiger partial charge in [-0.05, 0) is 17.7 Å². The lowest BCUT2D eigenvalue weighted by molar-refractivity contribution is 0.330. The molecule has 0 aliphatic heterocycles. The second kappa shape index (κ2) is 7.99. The van der Waals surface area contributed by atoms with Gasteiger partial charge in [0.25, 0.3) is 0 Å². The summed E-state index contributed by atoms with van der Waals surface area (Å²) in [5.74, 6) is 0. The van der Waals surface area contributed by atoms with E-state index in [1.807, 2.05) is 18.2 Å². The van der Waals surface area contributed by atoms with Crippen molar-refractivity contribution < 1.29 is 9.22 Å². The third-order valence-electron chi connectivity index (χ3n) is 2.36. The van der Waals surface area contributed by atoms with Crippen LogP contribution in [0.3, 0.4) is 0 Å². The first-order chi connectivity index (χ1) is 7.86. The average molecular weight is 235 g/mol. The van der Waals surface area contributed by atoms with Crippen molar-refractivity contribution in [1.82, 2.24) is 0 Å². The van der Waals surface area contributed by atoms with E-state index < -0.39 is 9.04 Å². The van der Waals surface area contributed by atoms with Crippen LogP contribution < -0.4 is 0 Å². The number of hydrogen-bond acceptors (Lipinski definition) is 3. The van der Waals surface area contributed by atoms with E-state index in [0.717, 1.165) is 18.5 Å². The van der Waals surface area contributed by atoms with Gasteiger partial charge in [0.05, 0.1) is 0 Å². The van der Waals surface area contributed by atoms with E-state index in [1.165, 1.54) is 11.6 Å². The summed E-state index contributed by atoms with van der Waals surface area (Å²) in [6.07, 6.45) is 2.62. The summed E-state index contributed by atoms with van der Waals surface area (Å²) in [5.41, 5.74) is 1.31. The lowest BCUT2D eigenvalue weighted by Gasteiger charge is -2.13. The topological polar surface area (TPSA) is 38.7 Å². The van der Waals surface area contributed by atoms with Crippen molar-refractivity contribution >= 4 is 15.1 Å². The monoisotopic (exact) mass is 235 g/mol. The van der Waals surface area contributed by atoms with E-state index in [4.69, 9.17) is 4.43 Å². The van der Waals surface area contributed by atoms with E-state index in [-0.39, 0.29) is 6.73 Å². The zero-order valence-electron chi connectivity index (χ0n) is 9.56. The normalized spacial score (nSPS) is 11.8. The van der Waals surface area contributed by atoms with E-state index >= 15 is 0 Å². The average Bonchev–Trinajstić information content (AvgIpc) is 2.31. The van der Waals surface area contributed by atoms with Crippen LogP contribution in [0.5, 0.6) is 0 Å². The van der Waals surface area contributed by atoms with Gasteiger partial charge in [-0.3, -0.25) is 0 Å². The van der Waals surface area contributed by atoms with Crippen LogP contribution in [0.15, 0.2) is 35.3 Å². The fourth-order valence-electron chi connectivity index (χ4n) is 1.61. The van der Waals surface area contributed by atoms with Crippen LogP contribution in [-0.4, -0.2) is 21.9 Å². The van der Waals surface area contributed by atoms with Crippen LogP contribution in [0.25, 0.3) is 0 Å². The quantitative estimate of drug-likeness (QED) is 0.413. The summed E-state index contributed by atoms with van der Waals surface area (Å²) in [4.78, 5) is 13.4. The van der Waals surface area contributed by atoms with Crippen LogP contribution in [0.1, 0.15) is 18.9 Å². The van der Waals surface area contributed by atoms with Crippen LogP contribution in [0, 0.1) is 0 Å². The van der Waals surface area contributed by atoms with Gasteiger partial charge in [0.15, 0.2) is 9.04 Å². The Labute approximate surface area is 97.9 Å². The second-order valence-electron chi connectivity index (χ2n) is 3.65. The van der Waals surface area contributed by atoms with Gasteiger partial charge in [-0.15, -0.1) is 0 Å². The number of isocyanates is 1. The van der Waals surface area contributed by atoms with Gasteiger partial charge in [-0.2, -0.15) is 4.99 Å². The summed E-state index contributed by atoms with van der Waals surface area (Å²) in [6.45, 7) is 2.32. The van der Waals surface area contributed by atoms with Gasteiger partial charge < -0.3 is 4.43 Å². The highest BCUT2D eigenvalue weighted by Gasteiger charge is 2.11. The maximum absolute atomic E-state index is 9.95. The maximum Gasteiger partial charge on any atom is 0.237 e. The fraction of sp³-hybridized carbons (Fsp3) is 0.417. The molecular weight excluding hydrogens is 218 g/mol. The lowest BCUT2D eigenvalue weighted by atomic mass is 10.2. The highest BCUT2D eigenvalue weighted by Crippen LogP contribution is 2.08. The van der Waals surface area contributed by atoms with E-state index in [1.54, 1.807) is 0 Å². The smallest absolute Gasteiger partial charge is 0.237 e. The van der Waals surface area contributed by atoms with Crippen molar-refractivity contribution in [2.45, 2.75) is 25.4 Å². The Hall–Kier alpha value is -1.22. The number of benzene rings is 1. The summed E-state index contributed by atoms with van der Waals surface area (Å²) in [7, 11) is -1.26. The highest BCUT2D eigenvalue weighted by molar-refractivity contribution is 6.51. The summed E-state index contributed by atoms with van der Waals surface area (Å²) < 4.78 is 5.64. The predicted octanol–water partition coefficient (Wildman–Crippen LogP) is 2.21. The molecule has 0 fully saturated rings. The van der Waals surface area contributed by atoms with Crippen molar-refractivity contribution in [2.75, 3.05) is 6.73 Å². The molecule has 3 nitrogen and oxygen atoms in total. The third-order valence-corrected chi connectivity index (χ3v) is 5.12. The molecule has 1 unspecified atom stereocenters. The largest absolute Gasteiger partial charge is 0.400 e. The first-order valence-corrected chi connectivity index (χ1v) is 7.66. The molecule has 1 aromatic rings. The summed E-state index contributed by atoms with van der Waals surface area (Å²) in [6, 6.07) is 12.4. The predicted molar refractivity (Wildman–Crippen MR) is 66.5 cm³/mol. The minimum atomic E-state index is -1.26. The molecule has 16 heavy (non-hydrogen) atoms. The molecule has 0 heterocycles. The molecule has 0 aromatic heterocycles. The van der Waals surface area contributed by atoms with Gasteiger partial charge in [0, 0.05) is 0 Å². The molecule has 0 saturated heterocycles. The number of carbonyl (C=O) groups excluding carboxylic acids is 1. The molecule has 0 amide bonds. The first-order valence-electron chi connectivity index (χ1n) is 5.56. The molecule has 4 heteroatoms. The molecule has 0 aliphatic rings. The summed E-state index contributed by atoms with van der Waals surface area (Å²) in [5, 5.41) is 0. The van der Waals surface area contributed by atoms with Crippen molar-refractivity contribution in [3.63, 3.8) is 0 Å². The zero-order chi connectivity index (χ0) is 11.6. The van der Waals surface area contributed by atoms with Gasteiger partial charge in [0.1, 0.15) is 6.73 Å². The second-order valence-corrected chi connectivity index (χ2v) is 6.21. The molecule has 0 spiro atoms. The van der Waals surface area contributed by atoms with Crippen LogP contribution >= 0.6 is 0 Å². The Morgan fingerprint density at radius 3 is 2.75 bits per heavy atom. The van der Waals surface area contributed by atoms with E-state index in [2.05, 4.69) is 24.0 Å². The Bertz CT molecular complexity index is 336. The molecule has 1 aromatic carbocycles.